The van der Waals surface area contributed by atoms with E-state index in [9.17, 15) is 0 Å². The molecule has 0 aromatic heterocycles. The second-order valence-electron chi connectivity index (χ2n) is 6.41. The number of hydrogen-bond donors (Lipinski definition) is 1. The maximum Gasteiger partial charge on any atom is 0.0421 e. The van der Waals surface area contributed by atoms with Gasteiger partial charge in [0.1, 0.15) is 0 Å². The summed E-state index contributed by atoms with van der Waals surface area (Å²) >= 11 is 0. The van der Waals surface area contributed by atoms with Gasteiger partial charge in [-0.25, -0.2) is 0 Å². The zero-order chi connectivity index (χ0) is 16.8. The molecule has 0 unspecified atom stereocenters. The van der Waals surface area contributed by atoms with Crippen molar-refractivity contribution in [3.05, 3.63) is 84.0 Å². The first-order chi connectivity index (χ1) is 11.0. The molecule has 1 aliphatic heterocycles. The number of aryl methyl sites for hydroxylation is 1. The molecule has 1 nitrogen and oxygen atoms in total. The van der Waals surface area contributed by atoms with Gasteiger partial charge in [0.2, 0.25) is 0 Å². The average Bonchev–Trinajstić information content (AvgIpc) is 2.53. The fourth-order valence-corrected chi connectivity index (χ4v) is 2.87. The van der Waals surface area contributed by atoms with Gasteiger partial charge in [-0.15, -0.1) is 0 Å². The van der Waals surface area contributed by atoms with E-state index in [-0.39, 0.29) is 0 Å². The van der Waals surface area contributed by atoms with Crippen LogP contribution in [0.5, 0.6) is 0 Å². The maximum absolute atomic E-state index is 3.91. The number of benzene rings is 1. The highest BCUT2D eigenvalue weighted by molar-refractivity contribution is 5.79. The van der Waals surface area contributed by atoms with Gasteiger partial charge in [0.15, 0.2) is 0 Å². The number of nitrogens with one attached hydrogen (secondary N) is 1. The zero-order valence-electron chi connectivity index (χ0n) is 14.5. The Balaban J connectivity index is 2.41. The standard InChI is InChI=1S/C22H27N/c1-6-8-19(7-2)20-10-9-17(5)21(15-20)22-14-18(11-12-23-22)13-16(3)4/h6-11,14-16,23H,1-2,12-13H2,3-5H3/b19-8+. The summed E-state index contributed by atoms with van der Waals surface area (Å²) in [6.45, 7) is 15.3. The number of dihydropyridines is 1. The number of hydrogen-bond acceptors (Lipinski definition) is 1. The van der Waals surface area contributed by atoms with E-state index in [4.69, 9.17) is 0 Å². The van der Waals surface area contributed by atoms with E-state index >= 15 is 0 Å². The Morgan fingerprint density at radius 2 is 2.09 bits per heavy atom. The van der Waals surface area contributed by atoms with Crippen molar-refractivity contribution in [2.75, 3.05) is 6.54 Å². The van der Waals surface area contributed by atoms with Crippen LogP contribution in [-0.4, -0.2) is 6.54 Å². The minimum absolute atomic E-state index is 0.673. The molecule has 0 fully saturated rings. The van der Waals surface area contributed by atoms with Gasteiger partial charge < -0.3 is 5.32 Å². The lowest BCUT2D eigenvalue weighted by molar-refractivity contribution is 0.646. The topological polar surface area (TPSA) is 12.0 Å². The Morgan fingerprint density at radius 1 is 1.30 bits per heavy atom. The molecule has 1 aromatic rings. The van der Waals surface area contributed by atoms with Crippen LogP contribution in [0.2, 0.25) is 0 Å². The molecule has 1 N–H and O–H groups in total. The van der Waals surface area contributed by atoms with E-state index < -0.39 is 0 Å². The molecule has 0 atom stereocenters. The van der Waals surface area contributed by atoms with Crippen molar-refractivity contribution < 1.29 is 0 Å². The molecule has 0 amide bonds. The predicted molar refractivity (Wildman–Crippen MR) is 103 cm³/mol. The smallest absolute Gasteiger partial charge is 0.0421 e. The van der Waals surface area contributed by atoms with Crippen LogP contribution >= 0.6 is 0 Å². The first-order valence-electron chi connectivity index (χ1n) is 8.26. The highest BCUT2D eigenvalue weighted by Crippen LogP contribution is 2.27. The lowest BCUT2D eigenvalue weighted by Crippen LogP contribution is -2.17. The van der Waals surface area contributed by atoms with E-state index in [2.05, 4.69) is 69.6 Å². The molecule has 0 saturated carbocycles. The van der Waals surface area contributed by atoms with Crippen molar-refractivity contribution in [3.8, 4) is 0 Å². The van der Waals surface area contributed by atoms with Crippen molar-refractivity contribution in [1.82, 2.24) is 5.32 Å². The SMILES string of the molecule is C=C/C=C(\C=C)c1ccc(C)c(C2=CC(CC(C)C)=CCN2)c1. The summed E-state index contributed by atoms with van der Waals surface area (Å²) in [4.78, 5) is 0. The first kappa shape index (κ1) is 17.1. The molecule has 1 aliphatic rings. The largest absolute Gasteiger partial charge is 0.381 e. The second-order valence-corrected chi connectivity index (χ2v) is 6.41. The van der Waals surface area contributed by atoms with Crippen molar-refractivity contribution in [2.24, 2.45) is 5.92 Å². The van der Waals surface area contributed by atoms with Gasteiger partial charge in [0.25, 0.3) is 0 Å². The Morgan fingerprint density at radius 3 is 2.74 bits per heavy atom. The first-order valence-corrected chi connectivity index (χ1v) is 8.26. The Kier molecular flexibility index (Phi) is 5.81. The van der Waals surface area contributed by atoms with Gasteiger partial charge >= 0.3 is 0 Å². The second kappa shape index (κ2) is 7.82. The van der Waals surface area contributed by atoms with Gasteiger partial charge in [0, 0.05) is 17.8 Å². The van der Waals surface area contributed by atoms with Gasteiger partial charge in [-0.2, -0.15) is 0 Å². The van der Waals surface area contributed by atoms with Gasteiger partial charge in [-0.1, -0.05) is 63.4 Å². The van der Waals surface area contributed by atoms with Crippen LogP contribution in [-0.2, 0) is 0 Å². The summed E-state index contributed by atoms with van der Waals surface area (Å²) < 4.78 is 0. The lowest BCUT2D eigenvalue weighted by Gasteiger charge is -2.20. The molecule has 0 saturated heterocycles. The highest BCUT2D eigenvalue weighted by atomic mass is 14.9. The average molecular weight is 305 g/mol. The van der Waals surface area contributed by atoms with E-state index in [0.717, 1.165) is 18.5 Å². The number of rotatable bonds is 6. The quantitative estimate of drug-likeness (QED) is 0.668. The van der Waals surface area contributed by atoms with Crippen LogP contribution in [0.1, 0.15) is 37.0 Å². The zero-order valence-corrected chi connectivity index (χ0v) is 14.5. The van der Waals surface area contributed by atoms with Gasteiger partial charge in [0.05, 0.1) is 0 Å². The molecule has 1 heterocycles. The highest BCUT2D eigenvalue weighted by Gasteiger charge is 2.11. The molecule has 0 radical (unpaired) electrons. The summed E-state index contributed by atoms with van der Waals surface area (Å²) in [7, 11) is 0. The van der Waals surface area contributed by atoms with Crippen LogP contribution in [0.15, 0.2) is 67.3 Å². The molecule has 23 heavy (non-hydrogen) atoms. The molecule has 0 spiro atoms. The molecule has 120 valence electrons. The predicted octanol–water partition coefficient (Wildman–Crippen LogP) is 5.67. The Bertz CT molecular complexity index is 684. The van der Waals surface area contributed by atoms with Crippen molar-refractivity contribution >= 4 is 11.3 Å². The fraction of sp³-hybridized carbons (Fsp3) is 0.273. The van der Waals surface area contributed by atoms with Crippen LogP contribution in [0.4, 0.5) is 0 Å². The summed E-state index contributed by atoms with van der Waals surface area (Å²) in [5, 5.41) is 3.51. The monoisotopic (exact) mass is 305 g/mol. The van der Waals surface area contributed by atoms with E-state index in [1.54, 1.807) is 6.08 Å². The van der Waals surface area contributed by atoms with Crippen LogP contribution in [0.3, 0.4) is 0 Å². The summed E-state index contributed by atoms with van der Waals surface area (Å²) in [6, 6.07) is 6.56. The van der Waals surface area contributed by atoms with Crippen molar-refractivity contribution in [1.29, 1.82) is 0 Å². The van der Waals surface area contributed by atoms with E-state index in [1.807, 2.05) is 12.2 Å². The Hall–Kier alpha value is -2.28. The minimum Gasteiger partial charge on any atom is -0.381 e. The molecule has 2 rings (SSSR count). The lowest BCUT2D eigenvalue weighted by atomic mass is 9.94. The van der Waals surface area contributed by atoms with Gasteiger partial charge in [-0.05, 0) is 53.7 Å². The van der Waals surface area contributed by atoms with E-state index in [0.29, 0.717) is 5.92 Å². The summed E-state index contributed by atoms with van der Waals surface area (Å²) in [5.41, 5.74) is 7.43. The Labute approximate surface area is 140 Å². The molecule has 0 bridgehead atoms. The van der Waals surface area contributed by atoms with Crippen LogP contribution in [0, 0.1) is 12.8 Å². The third-order valence-electron chi connectivity index (χ3n) is 4.01. The van der Waals surface area contributed by atoms with Crippen LogP contribution in [0.25, 0.3) is 11.3 Å². The molecule has 0 aliphatic carbocycles. The fourth-order valence-electron chi connectivity index (χ4n) is 2.87. The number of allylic oxidation sites excluding steroid dienone is 6. The third-order valence-corrected chi connectivity index (χ3v) is 4.01. The molecule has 1 aromatic carbocycles. The normalized spacial score (nSPS) is 14.9. The molecular formula is C22H27N. The van der Waals surface area contributed by atoms with Crippen LogP contribution < -0.4 is 5.32 Å². The maximum atomic E-state index is 3.91. The molecular weight excluding hydrogens is 278 g/mol. The van der Waals surface area contributed by atoms with E-state index in [1.165, 1.54) is 28.0 Å². The van der Waals surface area contributed by atoms with Crippen molar-refractivity contribution in [3.63, 3.8) is 0 Å². The third kappa shape index (κ3) is 4.35. The van der Waals surface area contributed by atoms with Gasteiger partial charge in [-0.3, -0.25) is 0 Å². The summed E-state index contributed by atoms with van der Waals surface area (Å²) in [6.07, 6.45) is 11.4. The van der Waals surface area contributed by atoms with Crippen molar-refractivity contribution in [2.45, 2.75) is 27.2 Å². The molecule has 1 heteroatoms. The minimum atomic E-state index is 0.673. The summed E-state index contributed by atoms with van der Waals surface area (Å²) in [5.74, 6) is 0.673.